The lowest BCUT2D eigenvalue weighted by Crippen LogP contribution is -2.21. The third-order valence-electron chi connectivity index (χ3n) is 7.45. The molecule has 0 aliphatic heterocycles. The number of benzene rings is 3. The summed E-state index contributed by atoms with van der Waals surface area (Å²) in [6.45, 7) is 3.73. The molecule has 1 heterocycles. The molecular formula is C36H37F2N3O6. The van der Waals surface area contributed by atoms with Gasteiger partial charge in [0.15, 0.2) is 0 Å². The Kier molecular flexibility index (Phi) is 11.4. The number of ether oxygens (including phenoxy) is 1. The van der Waals surface area contributed by atoms with Gasteiger partial charge in [-0.2, -0.15) is 0 Å². The van der Waals surface area contributed by atoms with Gasteiger partial charge in [-0.3, -0.25) is 14.4 Å². The number of anilines is 1. The number of amides is 2. The maximum absolute atomic E-state index is 14.2. The SMILES string of the molecule is COC(=O)C[C@H](O)C[C@@H](O)C=Cc1c(-c2ccc(F)cc2)c(-c2ccc(F)cc2)c(C(=O)Nc2ccc(CC(N)=O)cc2)n1C(C)C. The molecule has 4 aromatic rings. The Hall–Kier alpha value is -5.13. The number of hydrogen-bond donors (Lipinski definition) is 4. The van der Waals surface area contributed by atoms with Gasteiger partial charge in [-0.05, 0) is 73.0 Å². The van der Waals surface area contributed by atoms with Crippen molar-refractivity contribution in [1.82, 2.24) is 4.57 Å². The number of hydrogen-bond acceptors (Lipinski definition) is 6. The molecule has 3 aromatic carbocycles. The Morgan fingerprint density at radius 1 is 0.894 bits per heavy atom. The first-order valence-corrected chi connectivity index (χ1v) is 15.0. The van der Waals surface area contributed by atoms with Crippen molar-refractivity contribution in [1.29, 1.82) is 0 Å². The molecular weight excluding hydrogens is 608 g/mol. The highest BCUT2D eigenvalue weighted by Crippen LogP contribution is 2.43. The average molecular weight is 646 g/mol. The zero-order valence-electron chi connectivity index (χ0n) is 26.2. The molecule has 5 N–H and O–H groups in total. The molecule has 2 atom stereocenters. The van der Waals surface area contributed by atoms with Gasteiger partial charge in [0, 0.05) is 35.0 Å². The summed E-state index contributed by atoms with van der Waals surface area (Å²) < 4.78 is 34.6. The second-order valence-corrected chi connectivity index (χ2v) is 11.4. The molecule has 246 valence electrons. The number of aliphatic hydroxyl groups is 2. The van der Waals surface area contributed by atoms with Crippen molar-refractivity contribution < 1.29 is 38.1 Å². The van der Waals surface area contributed by atoms with Crippen LogP contribution in [0, 0.1) is 11.6 Å². The van der Waals surface area contributed by atoms with Crippen LogP contribution in [0.25, 0.3) is 28.3 Å². The standard InChI is InChI=1S/C36H37F2N3O6/c1-21(2)41-30(17-16-28(42)19-29(43)20-32(45)47-3)33(23-6-10-25(37)11-7-23)34(24-8-12-26(38)13-9-24)35(41)36(46)40-27-14-4-22(5-15-27)18-31(39)44/h4-17,21,28-29,42-43H,18-20H2,1-3H3,(H2,39,44)(H,40,46)/t28-,29+/m0/s1. The van der Waals surface area contributed by atoms with Crippen molar-refractivity contribution in [2.24, 2.45) is 5.73 Å². The van der Waals surface area contributed by atoms with Crippen molar-refractivity contribution in [2.45, 2.75) is 51.4 Å². The van der Waals surface area contributed by atoms with Gasteiger partial charge in [-0.15, -0.1) is 0 Å². The monoisotopic (exact) mass is 645 g/mol. The molecule has 0 aliphatic carbocycles. The Morgan fingerprint density at radius 2 is 1.45 bits per heavy atom. The smallest absolute Gasteiger partial charge is 0.308 e. The predicted molar refractivity (Wildman–Crippen MR) is 175 cm³/mol. The van der Waals surface area contributed by atoms with Gasteiger partial charge < -0.3 is 30.6 Å². The van der Waals surface area contributed by atoms with Gasteiger partial charge in [0.1, 0.15) is 17.3 Å². The molecule has 9 nitrogen and oxygen atoms in total. The fraction of sp³-hybridized carbons (Fsp3) is 0.250. The summed E-state index contributed by atoms with van der Waals surface area (Å²) in [5.41, 5.74) is 9.14. The number of aromatic nitrogens is 1. The zero-order valence-corrected chi connectivity index (χ0v) is 26.2. The number of nitrogens with two attached hydrogens (primary N) is 1. The van der Waals surface area contributed by atoms with Crippen LogP contribution in [0.5, 0.6) is 0 Å². The quantitative estimate of drug-likeness (QED) is 0.138. The number of carbonyl (C=O) groups excluding carboxylic acids is 3. The average Bonchev–Trinajstić information content (AvgIpc) is 3.37. The second-order valence-electron chi connectivity index (χ2n) is 11.4. The van der Waals surface area contributed by atoms with E-state index < -0.39 is 41.6 Å². The van der Waals surface area contributed by atoms with Gasteiger partial charge in [-0.1, -0.05) is 42.5 Å². The number of nitrogens with zero attached hydrogens (tertiary/aromatic N) is 1. The van der Waals surface area contributed by atoms with E-state index >= 15 is 0 Å². The van der Waals surface area contributed by atoms with Crippen molar-refractivity contribution in [3.05, 3.63) is 107 Å². The minimum Gasteiger partial charge on any atom is -0.469 e. The number of esters is 1. The van der Waals surface area contributed by atoms with Crippen molar-refractivity contribution in [3.63, 3.8) is 0 Å². The van der Waals surface area contributed by atoms with Gasteiger partial charge in [-0.25, -0.2) is 8.78 Å². The van der Waals surface area contributed by atoms with Crippen LogP contribution in [0.1, 0.15) is 54.5 Å². The van der Waals surface area contributed by atoms with E-state index in [0.29, 0.717) is 39.2 Å². The maximum atomic E-state index is 14.2. The molecule has 47 heavy (non-hydrogen) atoms. The normalized spacial score (nSPS) is 12.7. The lowest BCUT2D eigenvalue weighted by molar-refractivity contribution is -0.143. The van der Waals surface area contributed by atoms with Crippen LogP contribution in [0.4, 0.5) is 14.5 Å². The fourth-order valence-electron chi connectivity index (χ4n) is 5.35. The first-order chi connectivity index (χ1) is 22.4. The Morgan fingerprint density at radius 3 is 1.96 bits per heavy atom. The number of rotatable bonds is 13. The first kappa shape index (κ1) is 34.7. The summed E-state index contributed by atoms with van der Waals surface area (Å²) in [7, 11) is 1.20. The summed E-state index contributed by atoms with van der Waals surface area (Å²) in [5.74, 6) is -2.56. The van der Waals surface area contributed by atoms with Crippen LogP contribution < -0.4 is 11.1 Å². The molecule has 0 unspecified atom stereocenters. The molecule has 0 radical (unpaired) electrons. The molecule has 1 aromatic heterocycles. The predicted octanol–water partition coefficient (Wildman–Crippen LogP) is 5.65. The van der Waals surface area contributed by atoms with E-state index in [9.17, 15) is 33.4 Å². The summed E-state index contributed by atoms with van der Waals surface area (Å²) >= 11 is 0. The zero-order chi connectivity index (χ0) is 34.2. The number of aliphatic hydroxyl groups excluding tert-OH is 2. The molecule has 0 saturated carbocycles. The third-order valence-corrected chi connectivity index (χ3v) is 7.45. The van der Waals surface area contributed by atoms with Crippen LogP contribution in [-0.4, -0.2) is 51.9 Å². The highest BCUT2D eigenvalue weighted by molar-refractivity contribution is 6.12. The van der Waals surface area contributed by atoms with E-state index in [0.717, 1.165) is 0 Å². The maximum Gasteiger partial charge on any atom is 0.308 e. The topological polar surface area (TPSA) is 144 Å². The minimum absolute atomic E-state index is 0.0431. The van der Waals surface area contributed by atoms with Crippen LogP contribution in [0.15, 0.2) is 78.9 Å². The van der Waals surface area contributed by atoms with Gasteiger partial charge in [0.05, 0.1) is 32.2 Å². The minimum atomic E-state index is -1.18. The molecule has 0 aliphatic rings. The summed E-state index contributed by atoms with van der Waals surface area (Å²) in [4.78, 5) is 37.2. The van der Waals surface area contributed by atoms with Crippen LogP contribution in [0.2, 0.25) is 0 Å². The lowest BCUT2D eigenvalue weighted by Gasteiger charge is -2.17. The number of primary amides is 1. The number of carbonyl (C=O) groups is 3. The Bertz CT molecular complexity index is 1750. The van der Waals surface area contributed by atoms with Gasteiger partial charge >= 0.3 is 5.97 Å². The van der Waals surface area contributed by atoms with Crippen LogP contribution in [0.3, 0.4) is 0 Å². The highest BCUT2D eigenvalue weighted by Gasteiger charge is 2.30. The van der Waals surface area contributed by atoms with Crippen molar-refractivity contribution in [2.75, 3.05) is 12.4 Å². The van der Waals surface area contributed by atoms with Gasteiger partial charge in [0.25, 0.3) is 5.91 Å². The van der Waals surface area contributed by atoms with E-state index in [2.05, 4.69) is 10.1 Å². The van der Waals surface area contributed by atoms with Crippen molar-refractivity contribution >= 4 is 29.5 Å². The van der Waals surface area contributed by atoms with Crippen LogP contribution >= 0.6 is 0 Å². The largest absolute Gasteiger partial charge is 0.469 e. The van der Waals surface area contributed by atoms with E-state index in [4.69, 9.17) is 5.73 Å². The summed E-state index contributed by atoms with van der Waals surface area (Å²) in [5, 5.41) is 24.0. The molecule has 0 spiro atoms. The Balaban J connectivity index is 1.91. The van der Waals surface area contributed by atoms with Crippen LogP contribution in [-0.2, 0) is 20.7 Å². The molecule has 0 saturated heterocycles. The molecule has 2 amide bonds. The highest BCUT2D eigenvalue weighted by atomic mass is 19.1. The van der Waals surface area contributed by atoms with E-state index in [-0.39, 0.29) is 31.0 Å². The molecule has 11 heteroatoms. The lowest BCUT2D eigenvalue weighted by atomic mass is 9.94. The molecule has 4 rings (SSSR count). The third kappa shape index (κ3) is 8.78. The summed E-state index contributed by atoms with van der Waals surface area (Å²) in [6, 6.07) is 17.7. The van der Waals surface area contributed by atoms with Gasteiger partial charge in [0.2, 0.25) is 5.91 Å². The number of methoxy groups -OCH3 is 1. The molecule has 0 bridgehead atoms. The fourth-order valence-corrected chi connectivity index (χ4v) is 5.35. The van der Waals surface area contributed by atoms with E-state index in [1.807, 2.05) is 13.8 Å². The van der Waals surface area contributed by atoms with E-state index in [1.54, 1.807) is 59.2 Å². The molecule has 0 fully saturated rings. The number of halogens is 2. The summed E-state index contributed by atoms with van der Waals surface area (Å²) in [6.07, 6.45) is 0.280. The second kappa shape index (κ2) is 15.4. The van der Waals surface area contributed by atoms with Crippen molar-refractivity contribution in [3.8, 4) is 22.3 Å². The number of nitrogens with one attached hydrogen (secondary N) is 1. The first-order valence-electron chi connectivity index (χ1n) is 15.0. The Labute approximate surface area is 271 Å². The van der Waals surface area contributed by atoms with E-state index in [1.165, 1.54) is 37.5 Å².